The summed E-state index contributed by atoms with van der Waals surface area (Å²) in [5.74, 6) is -1.14. The molecule has 0 radical (unpaired) electrons. The molecule has 0 aromatic carbocycles. The number of aliphatic hydroxyl groups excluding tert-OH is 1. The van der Waals surface area contributed by atoms with E-state index in [4.69, 9.17) is 5.11 Å². The number of carboxylic acid groups (broad SMARTS) is 1. The van der Waals surface area contributed by atoms with Crippen molar-refractivity contribution in [1.29, 1.82) is 0 Å². The molecule has 102 valence electrons. The third-order valence-corrected chi connectivity index (χ3v) is 3.03. The summed E-state index contributed by atoms with van der Waals surface area (Å²) in [6.07, 6.45) is -0.801. The van der Waals surface area contributed by atoms with Crippen molar-refractivity contribution >= 4 is 17.5 Å². The van der Waals surface area contributed by atoms with E-state index >= 15 is 0 Å². The van der Waals surface area contributed by atoms with Gasteiger partial charge in [-0.3, -0.25) is 10.1 Å². The molecule has 1 fully saturated rings. The summed E-state index contributed by atoms with van der Waals surface area (Å²) in [7, 11) is 0. The van der Waals surface area contributed by atoms with E-state index in [9.17, 15) is 20.0 Å². The molecule has 0 amide bonds. The summed E-state index contributed by atoms with van der Waals surface area (Å²) < 4.78 is 0. The Bertz CT molecular complexity index is 533. The highest BCUT2D eigenvalue weighted by Crippen LogP contribution is 2.32. The average Bonchev–Trinajstić information content (AvgIpc) is 2.70. The fraction of sp³-hybridized carbons (Fsp3) is 0.455. The van der Waals surface area contributed by atoms with Crippen LogP contribution in [0.15, 0.2) is 12.1 Å². The Hall–Kier alpha value is -2.22. The quantitative estimate of drug-likeness (QED) is 0.598. The molecule has 1 aliphatic heterocycles. The number of carbonyl (C=O) groups is 1. The highest BCUT2D eigenvalue weighted by molar-refractivity contribution is 5.80. The zero-order valence-corrected chi connectivity index (χ0v) is 10.2. The van der Waals surface area contributed by atoms with Gasteiger partial charge >= 0.3 is 11.7 Å². The Kier molecular flexibility index (Phi) is 3.34. The molecular weight excluding hydrogens is 254 g/mol. The fourth-order valence-electron chi connectivity index (χ4n) is 2.17. The Morgan fingerprint density at radius 2 is 2.26 bits per heavy atom. The number of nitro groups is 1. The number of carboxylic acids is 1. The molecule has 19 heavy (non-hydrogen) atoms. The van der Waals surface area contributed by atoms with Crippen LogP contribution in [-0.4, -0.2) is 44.8 Å². The number of β-amino-alcohol motifs (C(OH)–C–C–N with tert-alkyl or cyclic N) is 1. The van der Waals surface area contributed by atoms with Gasteiger partial charge in [0.1, 0.15) is 6.04 Å². The number of hydrogen-bond acceptors (Lipinski definition) is 6. The van der Waals surface area contributed by atoms with Crippen molar-refractivity contribution in [3.8, 4) is 0 Å². The van der Waals surface area contributed by atoms with E-state index in [2.05, 4.69) is 4.98 Å². The van der Waals surface area contributed by atoms with E-state index in [1.54, 1.807) is 6.92 Å². The first-order valence-electron chi connectivity index (χ1n) is 5.69. The van der Waals surface area contributed by atoms with Crippen LogP contribution in [0.25, 0.3) is 0 Å². The molecule has 2 rings (SSSR count). The molecule has 0 aliphatic carbocycles. The summed E-state index contributed by atoms with van der Waals surface area (Å²) in [4.78, 5) is 26.8. The molecule has 8 nitrogen and oxygen atoms in total. The van der Waals surface area contributed by atoms with E-state index in [0.717, 1.165) is 0 Å². The molecule has 2 heterocycles. The minimum atomic E-state index is -1.13. The lowest BCUT2D eigenvalue weighted by Crippen LogP contribution is -2.37. The molecule has 1 aliphatic rings. The predicted octanol–water partition coefficient (Wildman–Crippen LogP) is 0.322. The van der Waals surface area contributed by atoms with Crippen molar-refractivity contribution in [2.45, 2.75) is 25.5 Å². The molecule has 1 aromatic heterocycles. The van der Waals surface area contributed by atoms with Crippen LogP contribution >= 0.6 is 0 Å². The van der Waals surface area contributed by atoms with Gasteiger partial charge < -0.3 is 15.1 Å². The first kappa shape index (κ1) is 13.2. The third-order valence-electron chi connectivity index (χ3n) is 3.03. The van der Waals surface area contributed by atoms with Crippen LogP contribution in [0, 0.1) is 17.0 Å². The van der Waals surface area contributed by atoms with Crippen LogP contribution < -0.4 is 4.90 Å². The molecule has 0 saturated carbocycles. The second kappa shape index (κ2) is 4.81. The third kappa shape index (κ3) is 2.48. The maximum absolute atomic E-state index is 11.1. The van der Waals surface area contributed by atoms with Crippen molar-refractivity contribution in [1.82, 2.24) is 4.98 Å². The second-order valence-electron chi connectivity index (χ2n) is 4.45. The van der Waals surface area contributed by atoms with Gasteiger partial charge in [-0.1, -0.05) is 0 Å². The van der Waals surface area contributed by atoms with Gasteiger partial charge in [0.05, 0.1) is 11.0 Å². The summed E-state index contributed by atoms with van der Waals surface area (Å²) in [5.41, 5.74) is 0.289. The Morgan fingerprint density at radius 1 is 1.58 bits per heavy atom. The molecule has 2 N–H and O–H groups in total. The number of aryl methyl sites for hydroxylation is 1. The zero-order valence-electron chi connectivity index (χ0n) is 10.2. The lowest BCUT2D eigenvalue weighted by Gasteiger charge is -2.22. The van der Waals surface area contributed by atoms with Gasteiger partial charge in [-0.2, -0.15) is 0 Å². The summed E-state index contributed by atoms with van der Waals surface area (Å²) in [6, 6.07) is 1.79. The number of aliphatic hydroxyl groups is 1. The highest BCUT2D eigenvalue weighted by atomic mass is 16.6. The molecule has 0 unspecified atom stereocenters. The average molecular weight is 267 g/mol. The van der Waals surface area contributed by atoms with E-state index in [-0.39, 0.29) is 24.5 Å². The molecular formula is C11H13N3O5. The SMILES string of the molecule is Cc1ccc([N+](=O)[O-])c(N2C[C@@H](O)C[C@@H]2C(=O)O)n1. The zero-order chi connectivity index (χ0) is 14.2. The van der Waals surface area contributed by atoms with E-state index in [1.165, 1.54) is 17.0 Å². The lowest BCUT2D eigenvalue weighted by atomic mass is 10.2. The van der Waals surface area contributed by atoms with Crippen LogP contribution in [0.5, 0.6) is 0 Å². The number of anilines is 1. The van der Waals surface area contributed by atoms with Crippen LogP contribution in [0.3, 0.4) is 0 Å². The molecule has 0 spiro atoms. The summed E-state index contributed by atoms with van der Waals surface area (Å²) >= 11 is 0. The maximum Gasteiger partial charge on any atom is 0.326 e. The molecule has 1 saturated heterocycles. The molecule has 2 atom stereocenters. The minimum absolute atomic E-state index is 0.00560. The van der Waals surface area contributed by atoms with E-state index in [0.29, 0.717) is 5.69 Å². The largest absolute Gasteiger partial charge is 0.480 e. The van der Waals surface area contributed by atoms with Crippen molar-refractivity contribution < 1.29 is 19.9 Å². The topological polar surface area (TPSA) is 117 Å². The number of nitrogens with zero attached hydrogens (tertiary/aromatic N) is 3. The summed E-state index contributed by atoms with van der Waals surface area (Å²) in [5, 5.41) is 29.7. The van der Waals surface area contributed by atoms with Gasteiger partial charge in [-0.15, -0.1) is 0 Å². The van der Waals surface area contributed by atoms with Crippen LogP contribution in [0.4, 0.5) is 11.5 Å². The number of rotatable bonds is 3. The van der Waals surface area contributed by atoms with Crippen molar-refractivity contribution in [3.63, 3.8) is 0 Å². The Morgan fingerprint density at radius 3 is 2.84 bits per heavy atom. The predicted molar refractivity (Wildman–Crippen MR) is 65.0 cm³/mol. The Balaban J connectivity index is 2.47. The van der Waals surface area contributed by atoms with Gasteiger partial charge in [0, 0.05) is 24.7 Å². The van der Waals surface area contributed by atoms with Gasteiger partial charge in [-0.05, 0) is 13.0 Å². The van der Waals surface area contributed by atoms with Crippen molar-refractivity contribution in [2.24, 2.45) is 0 Å². The highest BCUT2D eigenvalue weighted by Gasteiger charge is 2.39. The first-order valence-corrected chi connectivity index (χ1v) is 5.69. The maximum atomic E-state index is 11.1. The smallest absolute Gasteiger partial charge is 0.326 e. The van der Waals surface area contributed by atoms with Crippen LogP contribution in [-0.2, 0) is 4.79 Å². The number of hydrogen-bond donors (Lipinski definition) is 2. The van der Waals surface area contributed by atoms with Crippen molar-refractivity contribution in [2.75, 3.05) is 11.4 Å². The first-order chi connectivity index (χ1) is 8.90. The van der Waals surface area contributed by atoms with Gasteiger partial charge in [0.2, 0.25) is 5.82 Å². The summed E-state index contributed by atoms with van der Waals surface area (Å²) in [6.45, 7) is 1.68. The van der Waals surface area contributed by atoms with Gasteiger partial charge in [0.15, 0.2) is 0 Å². The number of aromatic nitrogens is 1. The van der Waals surface area contributed by atoms with E-state index < -0.39 is 23.0 Å². The van der Waals surface area contributed by atoms with Gasteiger partial charge in [0.25, 0.3) is 0 Å². The monoisotopic (exact) mass is 267 g/mol. The van der Waals surface area contributed by atoms with Crippen LogP contribution in [0.1, 0.15) is 12.1 Å². The van der Waals surface area contributed by atoms with Crippen LogP contribution in [0.2, 0.25) is 0 Å². The van der Waals surface area contributed by atoms with E-state index in [1.807, 2.05) is 0 Å². The fourth-order valence-corrected chi connectivity index (χ4v) is 2.17. The molecule has 0 bridgehead atoms. The molecule has 8 heteroatoms. The minimum Gasteiger partial charge on any atom is -0.480 e. The normalized spacial score (nSPS) is 22.5. The van der Waals surface area contributed by atoms with Crippen molar-refractivity contribution in [3.05, 3.63) is 27.9 Å². The number of pyridine rings is 1. The second-order valence-corrected chi connectivity index (χ2v) is 4.45. The molecule has 1 aromatic rings. The Labute approximate surface area is 108 Å². The van der Waals surface area contributed by atoms with Gasteiger partial charge in [-0.25, -0.2) is 9.78 Å². The number of aliphatic carboxylic acids is 1. The lowest BCUT2D eigenvalue weighted by molar-refractivity contribution is -0.384. The standard InChI is InChI=1S/C11H13N3O5/c1-6-2-3-8(14(18)19)10(12-6)13-5-7(15)4-9(13)11(16)17/h2-3,7,9,15H,4-5H2,1H3,(H,16,17)/t7-,9+/m0/s1.